The largest absolute Gasteiger partial charge is 0.496 e. The molecule has 0 atom stereocenters. The van der Waals surface area contributed by atoms with Crippen LogP contribution in [0.1, 0.15) is 0 Å². The normalized spacial score (nSPS) is 10.7. The van der Waals surface area contributed by atoms with Gasteiger partial charge in [0, 0.05) is 18.1 Å². The molecule has 26 heavy (non-hydrogen) atoms. The molecular weight excluding hydrogens is 328 g/mol. The molecule has 130 valence electrons. The second kappa shape index (κ2) is 6.76. The number of ether oxygens (including phenoxy) is 2. The maximum atomic E-state index is 5.53. The molecule has 2 aromatic carbocycles. The Balaban J connectivity index is 1.86. The lowest BCUT2D eigenvalue weighted by Gasteiger charge is -2.13. The molecule has 2 heterocycles. The number of fused-ring (bicyclic) bond motifs is 1. The van der Waals surface area contributed by atoms with Gasteiger partial charge >= 0.3 is 0 Å². The summed E-state index contributed by atoms with van der Waals surface area (Å²) in [7, 11) is 3.29. The van der Waals surface area contributed by atoms with E-state index in [1.807, 2.05) is 59.1 Å². The zero-order valence-electron chi connectivity index (χ0n) is 14.5. The number of hydrogen-bond acceptors (Lipinski definition) is 5. The van der Waals surface area contributed by atoms with Crippen LogP contribution in [0.5, 0.6) is 11.5 Å². The van der Waals surface area contributed by atoms with Crippen LogP contribution in [0, 0.1) is 0 Å². The second-order valence-corrected chi connectivity index (χ2v) is 5.64. The fourth-order valence-electron chi connectivity index (χ4n) is 2.95. The minimum absolute atomic E-state index is 0.679. The highest BCUT2D eigenvalue weighted by Gasteiger charge is 2.18. The monoisotopic (exact) mass is 346 g/mol. The average molecular weight is 346 g/mol. The van der Waals surface area contributed by atoms with Gasteiger partial charge in [-0.05, 0) is 24.3 Å². The first-order valence-electron chi connectivity index (χ1n) is 8.17. The molecule has 0 spiro atoms. The molecule has 0 bridgehead atoms. The Bertz CT molecular complexity index is 1020. The third-order valence-electron chi connectivity index (χ3n) is 4.15. The molecule has 0 aliphatic heterocycles. The molecule has 0 unspecified atom stereocenters. The van der Waals surface area contributed by atoms with Crippen molar-refractivity contribution in [2.45, 2.75) is 0 Å². The highest BCUT2D eigenvalue weighted by atomic mass is 16.5. The van der Waals surface area contributed by atoms with Gasteiger partial charge in [-0.25, -0.2) is 9.97 Å². The maximum absolute atomic E-state index is 5.53. The standard InChI is InChI=1S/C20H18N4O2/c1-25-16-9-6-10-17(26-2)18(16)15-13-22-20-19(21-11-12-24(15)20)23-14-7-4-3-5-8-14/h3-13H,1-2H3,(H,21,23). The van der Waals surface area contributed by atoms with E-state index in [-0.39, 0.29) is 0 Å². The molecule has 4 aromatic rings. The smallest absolute Gasteiger partial charge is 0.180 e. The first kappa shape index (κ1) is 16.0. The third-order valence-corrected chi connectivity index (χ3v) is 4.15. The summed E-state index contributed by atoms with van der Waals surface area (Å²) < 4.78 is 13.0. The molecule has 6 nitrogen and oxygen atoms in total. The number of methoxy groups -OCH3 is 2. The van der Waals surface area contributed by atoms with Gasteiger partial charge in [0.25, 0.3) is 0 Å². The Hall–Kier alpha value is -3.54. The van der Waals surface area contributed by atoms with Gasteiger partial charge < -0.3 is 14.8 Å². The minimum Gasteiger partial charge on any atom is -0.496 e. The molecule has 0 saturated carbocycles. The van der Waals surface area contributed by atoms with Crippen molar-refractivity contribution in [1.29, 1.82) is 0 Å². The number of para-hydroxylation sites is 1. The van der Waals surface area contributed by atoms with Crippen LogP contribution in [0.2, 0.25) is 0 Å². The summed E-state index contributed by atoms with van der Waals surface area (Å²) in [6, 6.07) is 15.6. The van der Waals surface area contributed by atoms with E-state index in [2.05, 4.69) is 15.3 Å². The van der Waals surface area contributed by atoms with Gasteiger partial charge in [0.1, 0.15) is 11.5 Å². The van der Waals surface area contributed by atoms with Gasteiger partial charge in [-0.2, -0.15) is 0 Å². The number of nitrogens with one attached hydrogen (secondary N) is 1. The molecule has 0 fully saturated rings. The summed E-state index contributed by atoms with van der Waals surface area (Å²) >= 11 is 0. The third kappa shape index (κ3) is 2.71. The van der Waals surface area contributed by atoms with Gasteiger partial charge in [0.15, 0.2) is 11.5 Å². The molecule has 0 aliphatic carbocycles. The number of aromatic nitrogens is 3. The molecule has 0 saturated heterocycles. The molecule has 0 amide bonds. The van der Waals surface area contributed by atoms with Crippen molar-refractivity contribution in [1.82, 2.24) is 14.4 Å². The fourth-order valence-corrected chi connectivity index (χ4v) is 2.95. The van der Waals surface area contributed by atoms with E-state index < -0.39 is 0 Å². The molecule has 1 N–H and O–H groups in total. The summed E-state index contributed by atoms with van der Waals surface area (Å²) in [5, 5.41) is 3.31. The quantitative estimate of drug-likeness (QED) is 0.588. The summed E-state index contributed by atoms with van der Waals surface area (Å²) in [5.41, 5.74) is 3.39. The van der Waals surface area contributed by atoms with E-state index in [0.29, 0.717) is 5.82 Å². The number of anilines is 2. The van der Waals surface area contributed by atoms with Crippen molar-refractivity contribution in [3.63, 3.8) is 0 Å². The van der Waals surface area contributed by atoms with Crippen molar-refractivity contribution >= 4 is 17.2 Å². The van der Waals surface area contributed by atoms with Crippen LogP contribution in [-0.2, 0) is 0 Å². The number of nitrogens with zero attached hydrogens (tertiary/aromatic N) is 3. The molecule has 2 aromatic heterocycles. The number of benzene rings is 2. The summed E-state index contributed by atoms with van der Waals surface area (Å²) in [4.78, 5) is 9.01. The van der Waals surface area contributed by atoms with E-state index in [4.69, 9.17) is 9.47 Å². The number of imidazole rings is 1. The van der Waals surface area contributed by atoms with Crippen LogP contribution in [0.4, 0.5) is 11.5 Å². The Morgan fingerprint density at radius 1 is 0.885 bits per heavy atom. The van der Waals surface area contributed by atoms with E-state index in [1.165, 1.54) is 0 Å². The summed E-state index contributed by atoms with van der Waals surface area (Å²) in [6.45, 7) is 0. The number of rotatable bonds is 5. The van der Waals surface area contributed by atoms with Crippen LogP contribution in [0.15, 0.2) is 67.1 Å². The summed E-state index contributed by atoms with van der Waals surface area (Å²) in [6.07, 6.45) is 5.42. The predicted molar refractivity (Wildman–Crippen MR) is 101 cm³/mol. The first-order valence-corrected chi connectivity index (χ1v) is 8.17. The van der Waals surface area contributed by atoms with E-state index in [1.54, 1.807) is 26.6 Å². The minimum atomic E-state index is 0.679. The van der Waals surface area contributed by atoms with Gasteiger partial charge in [0.05, 0.1) is 31.7 Å². The highest BCUT2D eigenvalue weighted by Crippen LogP contribution is 2.38. The topological polar surface area (TPSA) is 60.7 Å². The molecule has 0 radical (unpaired) electrons. The Kier molecular flexibility index (Phi) is 4.15. The zero-order valence-corrected chi connectivity index (χ0v) is 14.5. The lowest BCUT2D eigenvalue weighted by molar-refractivity contribution is 0.397. The highest BCUT2D eigenvalue weighted by molar-refractivity contribution is 5.79. The number of hydrogen-bond donors (Lipinski definition) is 1. The predicted octanol–water partition coefficient (Wildman–Crippen LogP) is 4.16. The van der Waals surface area contributed by atoms with Crippen LogP contribution in [0.3, 0.4) is 0 Å². The first-order chi connectivity index (χ1) is 12.8. The maximum Gasteiger partial charge on any atom is 0.180 e. The molecule has 6 heteroatoms. The van der Waals surface area contributed by atoms with Crippen molar-refractivity contribution in [3.8, 4) is 22.8 Å². The lowest BCUT2D eigenvalue weighted by atomic mass is 10.1. The molecule has 0 aliphatic rings. The van der Waals surface area contributed by atoms with E-state index in [0.717, 1.165) is 34.1 Å². The van der Waals surface area contributed by atoms with Crippen LogP contribution >= 0.6 is 0 Å². The lowest BCUT2D eigenvalue weighted by Crippen LogP contribution is -1.99. The average Bonchev–Trinajstić information content (AvgIpc) is 3.13. The SMILES string of the molecule is COc1cccc(OC)c1-c1cnc2c(Nc3ccccc3)nccn12. The van der Waals surface area contributed by atoms with Gasteiger partial charge in [-0.15, -0.1) is 0 Å². The fraction of sp³-hybridized carbons (Fsp3) is 0.100. The van der Waals surface area contributed by atoms with Crippen molar-refractivity contribution in [2.75, 3.05) is 19.5 Å². The van der Waals surface area contributed by atoms with E-state index in [9.17, 15) is 0 Å². The Morgan fingerprint density at radius 2 is 1.62 bits per heavy atom. The second-order valence-electron chi connectivity index (χ2n) is 5.64. The van der Waals surface area contributed by atoms with Crippen molar-refractivity contribution in [3.05, 3.63) is 67.1 Å². The van der Waals surface area contributed by atoms with Crippen molar-refractivity contribution < 1.29 is 9.47 Å². The van der Waals surface area contributed by atoms with Crippen LogP contribution < -0.4 is 14.8 Å². The van der Waals surface area contributed by atoms with Crippen LogP contribution in [0.25, 0.3) is 16.9 Å². The van der Waals surface area contributed by atoms with Gasteiger partial charge in [0.2, 0.25) is 0 Å². The molecular formula is C20H18N4O2. The Labute approximate surface area is 151 Å². The van der Waals surface area contributed by atoms with E-state index >= 15 is 0 Å². The van der Waals surface area contributed by atoms with Crippen molar-refractivity contribution in [2.24, 2.45) is 0 Å². The van der Waals surface area contributed by atoms with Crippen LogP contribution in [-0.4, -0.2) is 28.6 Å². The molecule has 4 rings (SSSR count). The van der Waals surface area contributed by atoms with Gasteiger partial charge in [-0.1, -0.05) is 24.3 Å². The Morgan fingerprint density at radius 3 is 2.31 bits per heavy atom. The van der Waals surface area contributed by atoms with Gasteiger partial charge in [-0.3, -0.25) is 4.40 Å². The zero-order chi connectivity index (χ0) is 17.9. The summed E-state index contributed by atoms with van der Waals surface area (Å²) in [5.74, 6) is 2.12.